The Labute approximate surface area is 125 Å². The molecule has 0 N–H and O–H groups in total. The summed E-state index contributed by atoms with van der Waals surface area (Å²) < 4.78 is 45.7. The van der Waals surface area contributed by atoms with Crippen molar-refractivity contribution in [2.24, 2.45) is 0 Å². The van der Waals surface area contributed by atoms with Crippen LogP contribution in [0.25, 0.3) is 0 Å². The molecule has 0 saturated heterocycles. The minimum absolute atomic E-state index is 0.271. The van der Waals surface area contributed by atoms with Crippen molar-refractivity contribution in [1.29, 1.82) is 0 Å². The van der Waals surface area contributed by atoms with Crippen LogP contribution >= 0.6 is 0 Å². The minimum atomic E-state index is -4.69. The summed E-state index contributed by atoms with van der Waals surface area (Å²) in [5.74, 6) is 0.840. The zero-order chi connectivity index (χ0) is 15.6. The van der Waals surface area contributed by atoms with Crippen LogP contribution in [0.15, 0.2) is 42.5 Å². The largest absolute Gasteiger partial charge is 0.573 e. The molecule has 22 heavy (non-hydrogen) atoms. The minimum Gasteiger partial charge on any atom is -0.457 e. The van der Waals surface area contributed by atoms with Crippen LogP contribution in [0.5, 0.6) is 17.2 Å². The van der Waals surface area contributed by atoms with E-state index in [-0.39, 0.29) is 5.75 Å². The number of hydrogen-bond acceptors (Lipinski definition) is 2. The lowest BCUT2D eigenvalue weighted by molar-refractivity contribution is -0.274. The number of nitrogens with zero attached hydrogens (tertiary/aromatic N) is 1. The molecule has 0 atom stereocenters. The van der Waals surface area contributed by atoms with Gasteiger partial charge in [0, 0.05) is 13.1 Å². The molecule has 6 heteroatoms. The SMILES string of the molecule is FC(F)(F)Oc1ccc(Oc2ccc3c(c2)CC[N]C3)cc1. The van der Waals surface area contributed by atoms with Crippen LogP contribution in [0.3, 0.4) is 0 Å². The van der Waals surface area contributed by atoms with Crippen molar-refractivity contribution in [1.82, 2.24) is 5.32 Å². The Balaban J connectivity index is 1.70. The summed E-state index contributed by atoms with van der Waals surface area (Å²) in [5.41, 5.74) is 2.39. The Bertz CT molecular complexity index is 653. The normalized spacial score (nSPS) is 14.3. The molecule has 2 aromatic rings. The highest BCUT2D eigenvalue weighted by atomic mass is 19.4. The number of fused-ring (bicyclic) bond motifs is 1. The van der Waals surface area contributed by atoms with Crippen LogP contribution in [0.1, 0.15) is 11.1 Å². The van der Waals surface area contributed by atoms with Crippen LogP contribution < -0.4 is 14.8 Å². The van der Waals surface area contributed by atoms with E-state index in [4.69, 9.17) is 4.74 Å². The number of rotatable bonds is 3. The molecular weight excluding hydrogens is 295 g/mol. The van der Waals surface area contributed by atoms with Crippen molar-refractivity contribution in [2.75, 3.05) is 6.54 Å². The zero-order valence-electron chi connectivity index (χ0n) is 11.6. The smallest absolute Gasteiger partial charge is 0.457 e. The molecule has 1 heterocycles. The number of hydrogen-bond donors (Lipinski definition) is 0. The van der Waals surface area contributed by atoms with E-state index in [0.29, 0.717) is 11.5 Å². The van der Waals surface area contributed by atoms with E-state index in [0.717, 1.165) is 19.5 Å². The zero-order valence-corrected chi connectivity index (χ0v) is 11.6. The quantitative estimate of drug-likeness (QED) is 0.857. The third-order valence-electron chi connectivity index (χ3n) is 3.29. The Hall–Kier alpha value is -2.21. The summed E-state index contributed by atoms with van der Waals surface area (Å²) in [6.07, 6.45) is -3.81. The fraction of sp³-hybridized carbons (Fsp3) is 0.250. The Morgan fingerprint density at radius 2 is 1.55 bits per heavy atom. The number of alkyl halides is 3. The van der Waals surface area contributed by atoms with Gasteiger partial charge in [-0.05, 0) is 53.9 Å². The lowest BCUT2D eigenvalue weighted by Crippen LogP contribution is -2.17. The molecular formula is C16H13F3NO2. The van der Waals surface area contributed by atoms with Crippen LogP contribution in [0.2, 0.25) is 0 Å². The van der Waals surface area contributed by atoms with Crippen LogP contribution in [-0.4, -0.2) is 12.9 Å². The van der Waals surface area contributed by atoms with Crippen molar-refractivity contribution in [3.05, 3.63) is 53.6 Å². The van der Waals surface area contributed by atoms with Crippen LogP contribution in [0, 0.1) is 0 Å². The van der Waals surface area contributed by atoms with Crippen molar-refractivity contribution in [3.8, 4) is 17.2 Å². The highest BCUT2D eigenvalue weighted by Gasteiger charge is 2.30. The van der Waals surface area contributed by atoms with E-state index in [2.05, 4.69) is 10.1 Å². The first-order valence-electron chi connectivity index (χ1n) is 6.78. The average molecular weight is 308 g/mol. The fourth-order valence-corrected chi connectivity index (χ4v) is 2.30. The standard InChI is InChI=1S/C16H13F3NO2/c17-16(18,19)22-14-5-3-13(4-6-14)21-15-2-1-12-10-20-8-7-11(12)9-15/h1-6,9H,7-8,10H2. The molecule has 0 fully saturated rings. The van der Waals surface area contributed by atoms with E-state index in [1.807, 2.05) is 18.2 Å². The second-order valence-corrected chi connectivity index (χ2v) is 4.91. The van der Waals surface area contributed by atoms with E-state index < -0.39 is 6.36 Å². The van der Waals surface area contributed by atoms with Gasteiger partial charge in [0.05, 0.1) is 0 Å². The molecule has 1 aliphatic heterocycles. The Morgan fingerprint density at radius 3 is 2.27 bits per heavy atom. The molecule has 0 bridgehead atoms. The molecule has 1 aliphatic rings. The van der Waals surface area contributed by atoms with Gasteiger partial charge in [-0.3, -0.25) is 0 Å². The summed E-state index contributed by atoms with van der Waals surface area (Å²) in [6, 6.07) is 11.1. The summed E-state index contributed by atoms with van der Waals surface area (Å²) >= 11 is 0. The molecule has 0 aliphatic carbocycles. The third-order valence-corrected chi connectivity index (χ3v) is 3.29. The second-order valence-electron chi connectivity index (χ2n) is 4.91. The first kappa shape index (κ1) is 14.7. The van der Waals surface area contributed by atoms with Gasteiger partial charge in [0.25, 0.3) is 0 Å². The van der Waals surface area contributed by atoms with E-state index in [1.165, 1.54) is 35.4 Å². The summed E-state index contributed by atoms with van der Waals surface area (Å²) in [5, 5.41) is 4.32. The van der Waals surface area contributed by atoms with Crippen molar-refractivity contribution in [2.45, 2.75) is 19.3 Å². The van der Waals surface area contributed by atoms with Gasteiger partial charge in [0.15, 0.2) is 0 Å². The molecule has 0 saturated carbocycles. The molecule has 115 valence electrons. The highest BCUT2D eigenvalue weighted by Crippen LogP contribution is 2.29. The number of ether oxygens (including phenoxy) is 2. The molecule has 0 spiro atoms. The van der Waals surface area contributed by atoms with Crippen molar-refractivity contribution in [3.63, 3.8) is 0 Å². The molecule has 2 aromatic carbocycles. The van der Waals surface area contributed by atoms with E-state index >= 15 is 0 Å². The van der Waals surface area contributed by atoms with Crippen LogP contribution in [-0.2, 0) is 13.0 Å². The van der Waals surface area contributed by atoms with Crippen molar-refractivity contribution < 1.29 is 22.6 Å². The van der Waals surface area contributed by atoms with Gasteiger partial charge in [-0.2, -0.15) is 0 Å². The van der Waals surface area contributed by atoms with Crippen molar-refractivity contribution >= 4 is 0 Å². The van der Waals surface area contributed by atoms with Gasteiger partial charge >= 0.3 is 6.36 Å². The molecule has 0 unspecified atom stereocenters. The maximum absolute atomic E-state index is 12.1. The molecule has 3 nitrogen and oxygen atoms in total. The van der Waals surface area contributed by atoms with Gasteiger partial charge < -0.3 is 9.47 Å². The van der Waals surface area contributed by atoms with E-state index in [9.17, 15) is 13.2 Å². The highest BCUT2D eigenvalue weighted by molar-refractivity contribution is 5.40. The lowest BCUT2D eigenvalue weighted by atomic mass is 10.0. The molecule has 1 radical (unpaired) electrons. The summed E-state index contributed by atoms with van der Waals surface area (Å²) in [7, 11) is 0. The topological polar surface area (TPSA) is 32.6 Å². The molecule has 0 aromatic heterocycles. The fourth-order valence-electron chi connectivity index (χ4n) is 2.30. The third kappa shape index (κ3) is 3.71. The summed E-state index contributed by atoms with van der Waals surface area (Å²) in [6.45, 7) is 1.53. The second kappa shape index (κ2) is 5.88. The van der Waals surface area contributed by atoms with Crippen LogP contribution in [0.4, 0.5) is 13.2 Å². The first-order valence-corrected chi connectivity index (χ1v) is 6.78. The van der Waals surface area contributed by atoms with Gasteiger partial charge in [-0.1, -0.05) is 6.07 Å². The Kier molecular flexibility index (Phi) is 3.94. The van der Waals surface area contributed by atoms with Gasteiger partial charge in [0.1, 0.15) is 17.2 Å². The molecule has 3 rings (SSSR count). The maximum atomic E-state index is 12.1. The maximum Gasteiger partial charge on any atom is 0.573 e. The number of halogens is 3. The predicted octanol–water partition coefficient (Wildman–Crippen LogP) is 4.04. The number of benzene rings is 2. The lowest BCUT2D eigenvalue weighted by Gasteiger charge is -2.17. The predicted molar refractivity (Wildman–Crippen MR) is 74.1 cm³/mol. The van der Waals surface area contributed by atoms with Gasteiger partial charge in [-0.25, -0.2) is 5.32 Å². The van der Waals surface area contributed by atoms with Gasteiger partial charge in [0.2, 0.25) is 0 Å². The monoisotopic (exact) mass is 308 g/mol. The average Bonchev–Trinajstić information content (AvgIpc) is 2.48. The summed E-state index contributed by atoms with van der Waals surface area (Å²) in [4.78, 5) is 0. The first-order chi connectivity index (χ1) is 10.5. The molecule has 0 amide bonds. The Morgan fingerprint density at radius 1 is 0.864 bits per heavy atom. The van der Waals surface area contributed by atoms with E-state index in [1.54, 1.807) is 0 Å². The van der Waals surface area contributed by atoms with Gasteiger partial charge in [-0.15, -0.1) is 13.2 Å².